The van der Waals surface area contributed by atoms with E-state index in [0.29, 0.717) is 0 Å². The lowest BCUT2D eigenvalue weighted by Crippen LogP contribution is -2.49. The molecule has 21 heavy (non-hydrogen) atoms. The lowest BCUT2D eigenvalue weighted by Gasteiger charge is -2.20. The van der Waals surface area contributed by atoms with Gasteiger partial charge in [-0.3, -0.25) is 19.8 Å². The van der Waals surface area contributed by atoms with Crippen LogP contribution in [-0.4, -0.2) is 55.2 Å². The molecule has 1 aromatic rings. The summed E-state index contributed by atoms with van der Waals surface area (Å²) in [6.45, 7) is -0.206. The lowest BCUT2D eigenvalue weighted by atomic mass is 10.2. The summed E-state index contributed by atoms with van der Waals surface area (Å²) in [6, 6.07) is 9.24. The van der Waals surface area contributed by atoms with E-state index in [2.05, 4.69) is 5.43 Å². The number of nitrogens with one attached hydrogen (secondary N) is 1. The van der Waals surface area contributed by atoms with Crippen LogP contribution in [-0.2, 0) is 14.4 Å². The summed E-state index contributed by atoms with van der Waals surface area (Å²) in [5, 5.41) is 0.929. The minimum atomic E-state index is -0.491. The van der Waals surface area contributed by atoms with E-state index in [9.17, 15) is 14.4 Å². The molecule has 0 heterocycles. The number of benzene rings is 1. The van der Waals surface area contributed by atoms with E-state index in [1.165, 1.54) is 6.08 Å². The average Bonchev–Trinajstić information content (AvgIpc) is 2.44. The van der Waals surface area contributed by atoms with Crippen LogP contribution in [0.25, 0.3) is 6.08 Å². The van der Waals surface area contributed by atoms with Gasteiger partial charge in [0, 0.05) is 6.08 Å². The number of carbonyl (C=O) groups excluding carboxylic acids is 3. The van der Waals surface area contributed by atoms with Crippen molar-refractivity contribution in [2.75, 3.05) is 27.2 Å². The molecule has 0 aliphatic heterocycles. The van der Waals surface area contributed by atoms with Crippen LogP contribution >= 0.6 is 0 Å². The van der Waals surface area contributed by atoms with Gasteiger partial charge in [-0.05, 0) is 25.7 Å². The molecule has 1 N–H and O–H groups in total. The summed E-state index contributed by atoms with van der Waals surface area (Å²) in [6.07, 6.45) is 4.50. The SMILES string of the molecule is CN(C)CC(=O)NN(C[C]=O)C(=O)C=Cc1ccccc1. The zero-order valence-corrected chi connectivity index (χ0v) is 12.1. The maximum Gasteiger partial charge on any atom is 0.265 e. The fourth-order valence-corrected chi connectivity index (χ4v) is 1.53. The van der Waals surface area contributed by atoms with E-state index in [4.69, 9.17) is 0 Å². The van der Waals surface area contributed by atoms with Gasteiger partial charge in [0.25, 0.3) is 11.8 Å². The molecule has 0 aliphatic carbocycles. The minimum absolute atomic E-state index is 0.116. The standard InChI is InChI=1S/C15H18N3O3/c1-17(2)12-14(20)16-18(10-11-19)15(21)9-8-13-6-4-3-5-7-13/h3-9H,10,12H2,1-2H3,(H,16,20). The molecule has 1 rings (SSSR count). The number of amides is 2. The number of hydrogen-bond donors (Lipinski definition) is 1. The fourth-order valence-electron chi connectivity index (χ4n) is 1.53. The number of hydrogen-bond acceptors (Lipinski definition) is 4. The van der Waals surface area contributed by atoms with Gasteiger partial charge < -0.3 is 4.90 Å². The van der Waals surface area contributed by atoms with E-state index >= 15 is 0 Å². The molecular weight excluding hydrogens is 270 g/mol. The topological polar surface area (TPSA) is 69.7 Å². The summed E-state index contributed by atoms with van der Waals surface area (Å²) in [4.78, 5) is 35.7. The number of hydrazine groups is 1. The molecule has 0 saturated carbocycles. The number of nitrogens with zero attached hydrogens (tertiary/aromatic N) is 2. The first-order valence-corrected chi connectivity index (χ1v) is 6.36. The van der Waals surface area contributed by atoms with Gasteiger partial charge in [0.1, 0.15) is 6.54 Å². The monoisotopic (exact) mass is 288 g/mol. The second kappa shape index (κ2) is 8.65. The van der Waals surface area contributed by atoms with Crippen molar-refractivity contribution in [3.05, 3.63) is 42.0 Å². The van der Waals surface area contributed by atoms with Gasteiger partial charge >= 0.3 is 0 Å². The molecule has 6 nitrogen and oxygen atoms in total. The highest BCUT2D eigenvalue weighted by molar-refractivity contribution is 5.94. The summed E-state index contributed by atoms with van der Waals surface area (Å²) < 4.78 is 0. The molecule has 0 bridgehead atoms. The molecule has 6 heteroatoms. The highest BCUT2D eigenvalue weighted by Crippen LogP contribution is 2.01. The third kappa shape index (κ3) is 6.49. The van der Waals surface area contributed by atoms with Crippen molar-refractivity contribution in [1.29, 1.82) is 0 Å². The maximum absolute atomic E-state index is 12.0. The Balaban J connectivity index is 2.66. The third-order valence-electron chi connectivity index (χ3n) is 2.43. The third-order valence-corrected chi connectivity index (χ3v) is 2.43. The molecule has 2 amide bonds. The van der Waals surface area contributed by atoms with Crippen molar-refractivity contribution in [2.24, 2.45) is 0 Å². The number of carbonyl (C=O) groups is 2. The molecule has 1 aromatic carbocycles. The molecular formula is C15H18N3O3. The Kier molecular flexibility index (Phi) is 6.83. The molecule has 0 aromatic heterocycles. The first kappa shape index (κ1) is 16.6. The predicted molar refractivity (Wildman–Crippen MR) is 79.6 cm³/mol. The van der Waals surface area contributed by atoms with Gasteiger partial charge in [-0.2, -0.15) is 0 Å². The van der Waals surface area contributed by atoms with Crippen LogP contribution in [0, 0.1) is 0 Å². The van der Waals surface area contributed by atoms with Gasteiger partial charge in [0.2, 0.25) is 6.29 Å². The van der Waals surface area contributed by atoms with Crippen LogP contribution in [0.2, 0.25) is 0 Å². The van der Waals surface area contributed by atoms with E-state index in [1.807, 2.05) is 30.3 Å². The van der Waals surface area contributed by atoms with Crippen LogP contribution in [0.4, 0.5) is 0 Å². The molecule has 0 saturated heterocycles. The van der Waals surface area contributed by atoms with Crippen LogP contribution < -0.4 is 5.43 Å². The highest BCUT2D eigenvalue weighted by Gasteiger charge is 2.14. The van der Waals surface area contributed by atoms with E-state index < -0.39 is 5.91 Å². The molecule has 0 fully saturated rings. The zero-order valence-electron chi connectivity index (χ0n) is 12.1. The van der Waals surface area contributed by atoms with Crippen molar-refractivity contribution in [1.82, 2.24) is 15.3 Å². The molecule has 111 valence electrons. The van der Waals surface area contributed by atoms with Gasteiger partial charge in [-0.25, -0.2) is 5.01 Å². The Morgan fingerprint density at radius 3 is 2.48 bits per heavy atom. The van der Waals surface area contributed by atoms with Crippen LogP contribution in [0.15, 0.2) is 36.4 Å². The minimum Gasteiger partial charge on any atom is -0.301 e. The Labute approximate surface area is 124 Å². The van der Waals surface area contributed by atoms with Crippen molar-refractivity contribution < 1.29 is 14.4 Å². The second-order valence-corrected chi connectivity index (χ2v) is 4.59. The Hall–Kier alpha value is -2.47. The summed E-state index contributed by atoms with van der Waals surface area (Å²) >= 11 is 0. The molecule has 1 radical (unpaired) electrons. The normalized spacial score (nSPS) is 10.6. The quantitative estimate of drug-likeness (QED) is 0.601. The predicted octanol–water partition coefficient (Wildman–Crippen LogP) is 0.231. The second-order valence-electron chi connectivity index (χ2n) is 4.59. The first-order valence-electron chi connectivity index (χ1n) is 6.36. The Morgan fingerprint density at radius 2 is 1.90 bits per heavy atom. The van der Waals surface area contributed by atoms with Gasteiger partial charge in [0.15, 0.2) is 0 Å². The fraction of sp³-hybridized carbons (Fsp3) is 0.267. The van der Waals surface area contributed by atoms with Crippen LogP contribution in [0.1, 0.15) is 5.56 Å². The highest BCUT2D eigenvalue weighted by atomic mass is 16.2. The van der Waals surface area contributed by atoms with Crippen molar-refractivity contribution >= 4 is 24.2 Å². The first-order chi connectivity index (χ1) is 10.0. The zero-order chi connectivity index (χ0) is 15.7. The largest absolute Gasteiger partial charge is 0.301 e. The van der Waals surface area contributed by atoms with E-state index in [0.717, 1.165) is 10.6 Å². The van der Waals surface area contributed by atoms with E-state index in [1.54, 1.807) is 31.4 Å². The Bertz CT molecular complexity index is 512. The number of likely N-dealkylation sites (N-methyl/N-ethyl adjacent to an activating group) is 1. The van der Waals surface area contributed by atoms with Gasteiger partial charge in [-0.1, -0.05) is 30.3 Å². The maximum atomic E-state index is 12.0. The number of rotatable bonds is 6. The Morgan fingerprint density at radius 1 is 1.24 bits per heavy atom. The van der Waals surface area contributed by atoms with Crippen molar-refractivity contribution in [3.63, 3.8) is 0 Å². The van der Waals surface area contributed by atoms with Crippen LogP contribution in [0.5, 0.6) is 0 Å². The van der Waals surface area contributed by atoms with Gasteiger partial charge in [-0.15, -0.1) is 0 Å². The summed E-state index contributed by atoms with van der Waals surface area (Å²) in [5.74, 6) is -0.869. The lowest BCUT2D eigenvalue weighted by molar-refractivity contribution is -0.137. The average molecular weight is 288 g/mol. The van der Waals surface area contributed by atoms with Gasteiger partial charge in [0.05, 0.1) is 6.54 Å². The van der Waals surface area contributed by atoms with Crippen LogP contribution in [0.3, 0.4) is 0 Å². The smallest absolute Gasteiger partial charge is 0.265 e. The molecule has 0 spiro atoms. The van der Waals surface area contributed by atoms with E-state index in [-0.39, 0.29) is 19.0 Å². The summed E-state index contributed by atoms with van der Waals surface area (Å²) in [5.41, 5.74) is 3.22. The molecule has 0 atom stereocenters. The van der Waals surface area contributed by atoms with Crippen molar-refractivity contribution in [3.8, 4) is 0 Å². The summed E-state index contributed by atoms with van der Waals surface area (Å²) in [7, 11) is 3.46. The van der Waals surface area contributed by atoms with Crippen molar-refractivity contribution in [2.45, 2.75) is 0 Å². The molecule has 0 aliphatic rings. The molecule has 0 unspecified atom stereocenters.